The molecule has 0 fully saturated rings. The first-order valence-electron chi connectivity index (χ1n) is 7.37. The van der Waals surface area contributed by atoms with E-state index in [-0.39, 0.29) is 23.8 Å². The molecule has 0 radical (unpaired) electrons. The number of nitrogens with two attached hydrogens (primary N) is 1. The average Bonchev–Trinajstić information content (AvgIpc) is 2.41. The van der Waals surface area contributed by atoms with Gasteiger partial charge in [0.1, 0.15) is 5.54 Å². The highest BCUT2D eigenvalue weighted by atomic mass is 16.4. The highest BCUT2D eigenvalue weighted by Gasteiger charge is 2.36. The highest BCUT2D eigenvalue weighted by Crippen LogP contribution is 2.27. The van der Waals surface area contributed by atoms with E-state index in [2.05, 4.69) is 5.32 Å². The van der Waals surface area contributed by atoms with Crippen molar-refractivity contribution < 1.29 is 24.9 Å². The van der Waals surface area contributed by atoms with Gasteiger partial charge in [0, 0.05) is 6.42 Å². The van der Waals surface area contributed by atoms with Crippen molar-refractivity contribution in [3.63, 3.8) is 0 Å². The zero-order chi connectivity index (χ0) is 17.8. The predicted octanol–water partition coefficient (Wildman–Crippen LogP) is 0.973. The van der Waals surface area contributed by atoms with Gasteiger partial charge in [-0.1, -0.05) is 19.9 Å². The normalized spacial score (nSPS) is 15.0. The van der Waals surface area contributed by atoms with Crippen LogP contribution in [0.25, 0.3) is 0 Å². The average molecular weight is 324 g/mol. The second-order valence-electron chi connectivity index (χ2n) is 6.36. The van der Waals surface area contributed by atoms with E-state index in [9.17, 15) is 24.9 Å². The fraction of sp³-hybridized carbons (Fsp3) is 0.500. The van der Waals surface area contributed by atoms with Gasteiger partial charge in [-0.15, -0.1) is 0 Å². The van der Waals surface area contributed by atoms with Crippen molar-refractivity contribution in [3.8, 4) is 11.5 Å². The number of phenolic OH excluding ortho intramolecular Hbond substituents is 2. The summed E-state index contributed by atoms with van der Waals surface area (Å²) in [5, 5.41) is 30.7. The Bertz CT molecular complexity index is 588. The second kappa shape index (κ2) is 7.32. The van der Waals surface area contributed by atoms with E-state index in [1.807, 2.05) is 13.8 Å². The van der Waals surface area contributed by atoms with Crippen molar-refractivity contribution in [2.45, 2.75) is 45.2 Å². The summed E-state index contributed by atoms with van der Waals surface area (Å²) in [5.74, 6) is -2.19. The number of phenols is 2. The Labute approximate surface area is 135 Å². The predicted molar refractivity (Wildman–Crippen MR) is 85.1 cm³/mol. The van der Waals surface area contributed by atoms with Gasteiger partial charge < -0.3 is 26.4 Å². The molecule has 0 spiro atoms. The first-order valence-corrected chi connectivity index (χ1v) is 7.37. The number of rotatable bonds is 7. The van der Waals surface area contributed by atoms with Crippen LogP contribution in [0.2, 0.25) is 0 Å². The first kappa shape index (κ1) is 18.8. The number of carbonyl (C=O) groups is 2. The molecule has 0 unspecified atom stereocenters. The maximum absolute atomic E-state index is 12.1. The van der Waals surface area contributed by atoms with Crippen LogP contribution in [-0.4, -0.2) is 38.8 Å². The molecule has 0 aromatic heterocycles. The molecule has 0 saturated heterocycles. The molecule has 0 saturated carbocycles. The van der Waals surface area contributed by atoms with Crippen LogP contribution in [0.3, 0.4) is 0 Å². The Balaban J connectivity index is 2.92. The fourth-order valence-electron chi connectivity index (χ4n) is 2.24. The number of carboxylic acid groups (broad SMARTS) is 1. The molecule has 1 aromatic rings. The number of hydrogen-bond acceptors (Lipinski definition) is 5. The number of carbonyl (C=O) groups excluding carboxylic acids is 1. The lowest BCUT2D eigenvalue weighted by molar-refractivity contribution is -0.147. The van der Waals surface area contributed by atoms with Gasteiger partial charge in [-0.05, 0) is 37.0 Å². The van der Waals surface area contributed by atoms with Crippen LogP contribution in [0.5, 0.6) is 11.5 Å². The summed E-state index contributed by atoms with van der Waals surface area (Å²) in [6.45, 7) is 5.21. The van der Waals surface area contributed by atoms with Crippen LogP contribution < -0.4 is 11.1 Å². The molecule has 0 heterocycles. The molecule has 7 nitrogen and oxygen atoms in total. The van der Waals surface area contributed by atoms with Gasteiger partial charge >= 0.3 is 5.97 Å². The maximum Gasteiger partial charge on any atom is 0.329 e. The minimum Gasteiger partial charge on any atom is -0.504 e. The number of hydrogen-bond donors (Lipinski definition) is 5. The monoisotopic (exact) mass is 324 g/mol. The van der Waals surface area contributed by atoms with E-state index in [1.54, 1.807) is 0 Å². The molecule has 0 aliphatic carbocycles. The number of aromatic hydroxyl groups is 2. The Kier molecular flexibility index (Phi) is 5.98. The lowest BCUT2D eigenvalue weighted by atomic mass is 9.91. The first-order chi connectivity index (χ1) is 10.5. The summed E-state index contributed by atoms with van der Waals surface area (Å²) in [4.78, 5) is 23.7. The van der Waals surface area contributed by atoms with Gasteiger partial charge in [0.25, 0.3) is 0 Å². The second-order valence-corrected chi connectivity index (χ2v) is 6.36. The molecule has 23 heavy (non-hydrogen) atoms. The summed E-state index contributed by atoms with van der Waals surface area (Å²) < 4.78 is 0. The molecular weight excluding hydrogens is 300 g/mol. The van der Waals surface area contributed by atoms with Crippen molar-refractivity contribution >= 4 is 11.9 Å². The van der Waals surface area contributed by atoms with E-state index >= 15 is 0 Å². The summed E-state index contributed by atoms with van der Waals surface area (Å²) in [5.41, 5.74) is 4.67. The third-order valence-electron chi connectivity index (χ3n) is 3.53. The minimum absolute atomic E-state index is 0.0592. The molecule has 0 aliphatic heterocycles. The molecule has 0 bridgehead atoms. The van der Waals surface area contributed by atoms with Crippen molar-refractivity contribution in [1.82, 2.24) is 5.32 Å². The molecular formula is C16H24N2O5. The highest BCUT2D eigenvalue weighted by molar-refractivity contribution is 5.89. The van der Waals surface area contributed by atoms with E-state index in [4.69, 9.17) is 5.73 Å². The zero-order valence-corrected chi connectivity index (χ0v) is 13.5. The Hall–Kier alpha value is -2.28. The van der Waals surface area contributed by atoms with E-state index in [0.29, 0.717) is 12.0 Å². The SMILES string of the molecule is CC(C)C[C@H](N)C(=O)N[C@@](C)(Cc1ccc(O)c(O)c1)C(=O)O. The molecule has 0 aliphatic rings. The number of aliphatic carboxylic acids is 1. The van der Waals surface area contributed by atoms with E-state index < -0.39 is 23.5 Å². The summed E-state index contributed by atoms with van der Waals surface area (Å²) in [6.07, 6.45) is 0.387. The van der Waals surface area contributed by atoms with Crippen LogP contribution in [0, 0.1) is 5.92 Å². The number of benzene rings is 1. The molecule has 6 N–H and O–H groups in total. The van der Waals surface area contributed by atoms with Crippen LogP contribution in [0.1, 0.15) is 32.8 Å². The van der Waals surface area contributed by atoms with Crippen molar-refractivity contribution in [2.75, 3.05) is 0 Å². The lowest BCUT2D eigenvalue weighted by Crippen LogP contribution is -2.57. The van der Waals surface area contributed by atoms with E-state index in [0.717, 1.165) is 0 Å². The van der Waals surface area contributed by atoms with Gasteiger partial charge in [0.15, 0.2) is 11.5 Å². The maximum atomic E-state index is 12.1. The van der Waals surface area contributed by atoms with E-state index in [1.165, 1.54) is 25.1 Å². The molecule has 1 aromatic carbocycles. The van der Waals surface area contributed by atoms with Crippen LogP contribution in [-0.2, 0) is 16.0 Å². The zero-order valence-electron chi connectivity index (χ0n) is 13.5. The minimum atomic E-state index is -1.57. The van der Waals surface area contributed by atoms with Gasteiger partial charge in [0.05, 0.1) is 6.04 Å². The van der Waals surface area contributed by atoms with Gasteiger partial charge in [-0.25, -0.2) is 4.79 Å². The smallest absolute Gasteiger partial charge is 0.329 e. The molecule has 1 amide bonds. The van der Waals surface area contributed by atoms with Crippen molar-refractivity contribution in [2.24, 2.45) is 11.7 Å². The lowest BCUT2D eigenvalue weighted by Gasteiger charge is -2.28. The summed E-state index contributed by atoms with van der Waals surface area (Å²) in [6, 6.07) is 3.22. The Morgan fingerprint density at radius 2 is 1.87 bits per heavy atom. The van der Waals surface area contributed by atoms with Gasteiger partial charge in [0.2, 0.25) is 5.91 Å². The van der Waals surface area contributed by atoms with Crippen molar-refractivity contribution in [3.05, 3.63) is 23.8 Å². The Morgan fingerprint density at radius 1 is 1.26 bits per heavy atom. The molecule has 128 valence electrons. The van der Waals surface area contributed by atoms with Crippen LogP contribution >= 0.6 is 0 Å². The Morgan fingerprint density at radius 3 is 2.35 bits per heavy atom. The van der Waals surface area contributed by atoms with Crippen LogP contribution in [0.15, 0.2) is 18.2 Å². The molecule has 1 rings (SSSR count). The number of nitrogens with one attached hydrogen (secondary N) is 1. The third-order valence-corrected chi connectivity index (χ3v) is 3.53. The van der Waals surface area contributed by atoms with Gasteiger partial charge in [-0.3, -0.25) is 4.79 Å². The topological polar surface area (TPSA) is 133 Å². The third kappa shape index (κ3) is 5.14. The summed E-state index contributed by atoms with van der Waals surface area (Å²) >= 11 is 0. The quantitative estimate of drug-likeness (QED) is 0.475. The largest absolute Gasteiger partial charge is 0.504 e. The van der Waals surface area contributed by atoms with Crippen molar-refractivity contribution in [1.29, 1.82) is 0 Å². The molecule has 7 heteroatoms. The number of carboxylic acids is 1. The van der Waals surface area contributed by atoms with Crippen LogP contribution in [0.4, 0.5) is 0 Å². The number of amides is 1. The molecule has 2 atom stereocenters. The summed E-state index contributed by atoms with van der Waals surface area (Å²) in [7, 11) is 0. The fourth-order valence-corrected chi connectivity index (χ4v) is 2.24. The van der Waals surface area contributed by atoms with Gasteiger partial charge in [-0.2, -0.15) is 0 Å². The standard InChI is InChI=1S/C16H24N2O5/c1-9(2)6-11(17)14(21)18-16(3,15(22)23)8-10-4-5-12(19)13(20)7-10/h4-5,7,9,11,19-20H,6,8,17H2,1-3H3,(H,18,21)(H,22,23)/t11-,16-/m0/s1.